The molecule has 7 nitrogen and oxygen atoms in total. The zero-order valence-electron chi connectivity index (χ0n) is 8.27. The Morgan fingerprint density at radius 3 is 3.00 bits per heavy atom. The number of carbonyl (C=O) groups excluding carboxylic acids is 1. The van der Waals surface area contributed by atoms with Gasteiger partial charge >= 0.3 is 6.03 Å². The molecule has 0 saturated carbocycles. The van der Waals surface area contributed by atoms with E-state index in [9.17, 15) is 4.79 Å². The largest absolute Gasteiger partial charge is 0.349 e. The Labute approximate surface area is 90.9 Å². The molecule has 1 saturated heterocycles. The van der Waals surface area contributed by atoms with Crippen LogP contribution in [0.5, 0.6) is 0 Å². The second-order valence-electron chi connectivity index (χ2n) is 3.31. The zero-order chi connectivity index (χ0) is 11.0. The number of nitrogens with one attached hydrogen (secondary N) is 3. The van der Waals surface area contributed by atoms with Crippen molar-refractivity contribution in [2.24, 2.45) is 0 Å². The fraction of sp³-hybridized carbons (Fsp3) is 0.111. The molecule has 16 heavy (non-hydrogen) atoms. The quantitative estimate of drug-likeness (QED) is 0.673. The van der Waals surface area contributed by atoms with Crippen molar-refractivity contribution in [3.05, 3.63) is 36.8 Å². The van der Waals surface area contributed by atoms with Gasteiger partial charge < -0.3 is 15.3 Å². The molecule has 1 aliphatic heterocycles. The lowest BCUT2D eigenvalue weighted by Crippen LogP contribution is -2.30. The molecule has 81 valence electrons. The Balaban J connectivity index is 1.97. The number of rotatable bonds is 2. The van der Waals surface area contributed by atoms with Crippen LogP contribution in [0.2, 0.25) is 0 Å². The molecule has 3 rings (SSSR count). The van der Waals surface area contributed by atoms with Crippen molar-refractivity contribution in [2.75, 3.05) is 11.4 Å². The van der Waals surface area contributed by atoms with Gasteiger partial charge in [-0.3, -0.25) is 4.90 Å². The van der Waals surface area contributed by atoms with Crippen molar-refractivity contribution in [2.45, 2.75) is 0 Å². The maximum absolute atomic E-state index is 11.7. The minimum absolute atomic E-state index is 0.196. The number of aromatic nitrogens is 4. The summed E-state index contributed by atoms with van der Waals surface area (Å²) in [4.78, 5) is 27.1. The Hall–Kier alpha value is -2.31. The lowest BCUT2D eigenvalue weighted by molar-refractivity contribution is 0.252. The van der Waals surface area contributed by atoms with Crippen LogP contribution in [0.1, 0.15) is 5.82 Å². The van der Waals surface area contributed by atoms with Crippen LogP contribution in [0.3, 0.4) is 0 Å². The fourth-order valence-electron chi connectivity index (χ4n) is 1.67. The van der Waals surface area contributed by atoms with Crippen LogP contribution < -0.4 is 10.2 Å². The van der Waals surface area contributed by atoms with Gasteiger partial charge in [0.15, 0.2) is 11.9 Å². The number of nitrogens with zero attached hydrogens (tertiary/aromatic N) is 3. The highest BCUT2D eigenvalue weighted by Crippen LogP contribution is 2.25. The Bertz CT molecular complexity index is 476. The normalized spacial score (nSPS) is 16.8. The monoisotopic (exact) mass is 217 g/mol. The highest BCUT2D eigenvalue weighted by Gasteiger charge is 2.36. The first-order valence-corrected chi connectivity index (χ1v) is 4.78. The number of imidazole rings is 2. The van der Waals surface area contributed by atoms with Gasteiger partial charge in [-0.1, -0.05) is 0 Å². The summed E-state index contributed by atoms with van der Waals surface area (Å²) in [7, 11) is 0. The fourth-order valence-corrected chi connectivity index (χ4v) is 1.67. The zero-order valence-corrected chi connectivity index (χ0v) is 8.27. The van der Waals surface area contributed by atoms with Crippen LogP contribution >= 0.6 is 0 Å². The molecule has 1 radical (unpaired) electrons. The number of H-pyrrole nitrogens is 2. The van der Waals surface area contributed by atoms with E-state index >= 15 is 0 Å². The summed E-state index contributed by atoms with van der Waals surface area (Å²) in [5.74, 6) is 1.22. The van der Waals surface area contributed by atoms with Gasteiger partial charge in [-0.05, 0) is 0 Å². The Morgan fingerprint density at radius 1 is 1.38 bits per heavy atom. The van der Waals surface area contributed by atoms with Crippen molar-refractivity contribution in [1.82, 2.24) is 25.3 Å². The lowest BCUT2D eigenvalue weighted by Gasteiger charge is -2.17. The summed E-state index contributed by atoms with van der Waals surface area (Å²) >= 11 is 0. The molecular formula is C9H9N6O. The highest BCUT2D eigenvalue weighted by atomic mass is 16.2. The average molecular weight is 217 g/mol. The maximum Gasteiger partial charge on any atom is 0.324 e. The van der Waals surface area contributed by atoms with E-state index in [0.717, 1.165) is 6.04 Å². The van der Waals surface area contributed by atoms with Crippen LogP contribution in [0.4, 0.5) is 10.6 Å². The summed E-state index contributed by atoms with van der Waals surface area (Å²) in [6.45, 7) is 0.444. The number of carbonyl (C=O) groups is 1. The molecule has 3 N–H and O–H groups in total. The van der Waals surface area contributed by atoms with E-state index in [2.05, 4.69) is 25.3 Å². The Morgan fingerprint density at radius 2 is 2.31 bits per heavy atom. The van der Waals surface area contributed by atoms with Crippen molar-refractivity contribution < 1.29 is 4.79 Å². The molecule has 7 heteroatoms. The highest BCUT2D eigenvalue weighted by molar-refractivity contribution is 5.97. The number of amides is 2. The maximum atomic E-state index is 11.7. The predicted octanol–water partition coefficient (Wildman–Crippen LogP) is 0.243. The second kappa shape index (κ2) is 3.37. The third kappa shape index (κ3) is 1.25. The van der Waals surface area contributed by atoms with E-state index in [0.29, 0.717) is 18.2 Å². The van der Waals surface area contributed by atoms with Crippen molar-refractivity contribution in [3.8, 4) is 0 Å². The van der Waals surface area contributed by atoms with Crippen molar-refractivity contribution >= 4 is 11.8 Å². The minimum atomic E-state index is -0.196. The first-order valence-electron chi connectivity index (χ1n) is 4.78. The molecule has 1 fully saturated rings. The van der Waals surface area contributed by atoms with Gasteiger partial charge in [-0.15, -0.1) is 0 Å². The number of hydrogen-bond donors (Lipinski definition) is 3. The van der Waals surface area contributed by atoms with E-state index in [1.807, 2.05) is 0 Å². The van der Waals surface area contributed by atoms with Crippen LogP contribution in [0, 0.1) is 6.04 Å². The smallest absolute Gasteiger partial charge is 0.324 e. The van der Waals surface area contributed by atoms with Gasteiger partial charge in [0.25, 0.3) is 0 Å². The van der Waals surface area contributed by atoms with Crippen LogP contribution in [-0.4, -0.2) is 32.5 Å². The summed E-state index contributed by atoms with van der Waals surface area (Å²) in [5, 5.41) is 2.73. The van der Waals surface area contributed by atoms with Gasteiger partial charge in [0.1, 0.15) is 5.82 Å². The summed E-state index contributed by atoms with van der Waals surface area (Å²) in [5.41, 5.74) is 0. The predicted molar refractivity (Wildman–Crippen MR) is 55.4 cm³/mol. The van der Waals surface area contributed by atoms with Crippen molar-refractivity contribution in [1.29, 1.82) is 0 Å². The SMILES string of the molecule is O=C1NC[C](c2ncc[nH]2)N1c1c[nH]cn1. The Kier molecular flexibility index (Phi) is 1.89. The first kappa shape index (κ1) is 8.96. The molecule has 3 heterocycles. The molecule has 0 bridgehead atoms. The molecule has 0 aliphatic carbocycles. The summed E-state index contributed by atoms with van der Waals surface area (Å²) < 4.78 is 0. The second-order valence-corrected chi connectivity index (χ2v) is 3.31. The number of aromatic amines is 2. The van der Waals surface area contributed by atoms with E-state index in [-0.39, 0.29) is 6.03 Å². The van der Waals surface area contributed by atoms with Gasteiger partial charge in [0.2, 0.25) is 0 Å². The van der Waals surface area contributed by atoms with Gasteiger partial charge in [0, 0.05) is 18.6 Å². The van der Waals surface area contributed by atoms with E-state index in [4.69, 9.17) is 0 Å². The number of urea groups is 1. The molecule has 1 aliphatic rings. The van der Waals surface area contributed by atoms with Gasteiger partial charge in [-0.25, -0.2) is 14.8 Å². The van der Waals surface area contributed by atoms with Gasteiger partial charge in [0.05, 0.1) is 12.9 Å². The van der Waals surface area contributed by atoms with E-state index in [1.165, 1.54) is 11.2 Å². The van der Waals surface area contributed by atoms with E-state index in [1.54, 1.807) is 18.6 Å². The number of anilines is 1. The summed E-state index contributed by atoms with van der Waals surface area (Å²) in [6.07, 6.45) is 6.55. The van der Waals surface area contributed by atoms with Crippen molar-refractivity contribution in [3.63, 3.8) is 0 Å². The molecular weight excluding hydrogens is 208 g/mol. The number of hydrogen-bond acceptors (Lipinski definition) is 3. The first-order chi connectivity index (χ1) is 7.86. The molecule has 2 aromatic heterocycles. The van der Waals surface area contributed by atoms with Gasteiger partial charge in [-0.2, -0.15) is 0 Å². The van der Waals surface area contributed by atoms with E-state index < -0.39 is 0 Å². The molecule has 0 aromatic carbocycles. The molecule has 0 spiro atoms. The average Bonchev–Trinajstić information content (AvgIpc) is 2.96. The third-order valence-electron chi connectivity index (χ3n) is 2.36. The third-order valence-corrected chi connectivity index (χ3v) is 2.36. The summed E-state index contributed by atoms with van der Waals surface area (Å²) in [6, 6.07) is 0.570. The minimum Gasteiger partial charge on any atom is -0.349 e. The lowest BCUT2D eigenvalue weighted by atomic mass is 10.2. The standard InChI is InChI=1S/C9H9N6O/c16-9-13-3-6(8-11-1-2-12-8)15(9)7-4-10-5-14-7/h1-2,4-5H,3H2,(H,10,14)(H,11,12)(H,13,16). The van der Waals surface area contributed by atoms with Crippen LogP contribution in [0.25, 0.3) is 0 Å². The molecule has 2 aromatic rings. The van der Waals surface area contributed by atoms with Crippen LogP contribution in [-0.2, 0) is 0 Å². The topological polar surface area (TPSA) is 89.7 Å². The molecule has 0 atom stereocenters. The van der Waals surface area contributed by atoms with Crippen LogP contribution in [0.15, 0.2) is 24.9 Å². The molecule has 2 amide bonds. The molecule has 0 unspecified atom stereocenters.